The molecule has 0 saturated carbocycles. The Morgan fingerprint density at radius 1 is 0.750 bits per heavy atom. The molecule has 0 bridgehead atoms. The van der Waals surface area contributed by atoms with E-state index in [0.717, 1.165) is 11.4 Å². The highest BCUT2D eigenvalue weighted by Gasteiger charge is 2.14. The average Bonchev–Trinajstić information content (AvgIpc) is 2.68. The van der Waals surface area contributed by atoms with Crippen molar-refractivity contribution in [3.05, 3.63) is 98.8 Å². The lowest BCUT2D eigenvalue weighted by atomic mass is 9.86. The molecular weight excluding hydrogens is 385 g/mol. The molecule has 1 heterocycles. The first-order valence-electron chi connectivity index (χ1n) is 9.84. The standard InChI is InChI=1S/C25H27Cl2N/c1-16(2)22-12-19(11-17(3)21-7-10-25(27)28-15-21)13-23(14-22)18(4)20-5-8-24(26)9-6-20/h5-10,12-18H,11H2,1-4H3. The molecule has 3 heteroatoms. The maximum atomic E-state index is 6.07. The summed E-state index contributed by atoms with van der Waals surface area (Å²) in [5, 5.41) is 1.31. The smallest absolute Gasteiger partial charge is 0.129 e. The Balaban J connectivity index is 1.90. The molecule has 0 spiro atoms. The van der Waals surface area contributed by atoms with Crippen molar-refractivity contribution in [3.8, 4) is 0 Å². The number of hydrogen-bond donors (Lipinski definition) is 0. The average molecular weight is 412 g/mol. The second-order valence-electron chi connectivity index (χ2n) is 7.96. The third-order valence-corrected chi connectivity index (χ3v) is 5.91. The Morgan fingerprint density at radius 2 is 1.39 bits per heavy atom. The van der Waals surface area contributed by atoms with Crippen molar-refractivity contribution in [2.24, 2.45) is 0 Å². The minimum Gasteiger partial charge on any atom is -0.244 e. The second kappa shape index (κ2) is 9.11. The number of aromatic nitrogens is 1. The Kier molecular flexibility index (Phi) is 6.80. The SMILES string of the molecule is CC(C)c1cc(CC(C)c2ccc(Cl)nc2)cc(C(C)c2ccc(Cl)cc2)c1. The van der Waals surface area contributed by atoms with Crippen molar-refractivity contribution in [2.75, 3.05) is 0 Å². The molecule has 28 heavy (non-hydrogen) atoms. The fraction of sp³-hybridized carbons (Fsp3) is 0.320. The van der Waals surface area contributed by atoms with Gasteiger partial charge < -0.3 is 0 Å². The summed E-state index contributed by atoms with van der Waals surface area (Å²) in [6.07, 6.45) is 2.86. The molecule has 146 valence electrons. The Bertz CT molecular complexity index is 914. The van der Waals surface area contributed by atoms with Gasteiger partial charge in [-0.1, -0.05) is 87.3 Å². The predicted molar refractivity (Wildman–Crippen MR) is 121 cm³/mol. The number of benzene rings is 2. The van der Waals surface area contributed by atoms with Gasteiger partial charge in [-0.15, -0.1) is 0 Å². The molecule has 0 aliphatic heterocycles. The predicted octanol–water partition coefficient (Wildman–Crippen LogP) is 8.01. The fourth-order valence-electron chi connectivity index (χ4n) is 3.54. The maximum Gasteiger partial charge on any atom is 0.129 e. The van der Waals surface area contributed by atoms with E-state index in [1.54, 1.807) is 0 Å². The summed E-state index contributed by atoms with van der Waals surface area (Å²) >= 11 is 12.0. The van der Waals surface area contributed by atoms with Crippen LogP contribution in [0.1, 0.15) is 73.3 Å². The van der Waals surface area contributed by atoms with Crippen LogP contribution in [0.25, 0.3) is 0 Å². The Morgan fingerprint density at radius 3 is 2.00 bits per heavy atom. The van der Waals surface area contributed by atoms with E-state index in [9.17, 15) is 0 Å². The van der Waals surface area contributed by atoms with E-state index in [4.69, 9.17) is 23.2 Å². The van der Waals surface area contributed by atoms with Gasteiger partial charge in [-0.3, -0.25) is 0 Å². The van der Waals surface area contributed by atoms with Crippen LogP contribution in [0.3, 0.4) is 0 Å². The molecule has 2 unspecified atom stereocenters. The molecule has 0 aliphatic carbocycles. The lowest BCUT2D eigenvalue weighted by Gasteiger charge is -2.19. The van der Waals surface area contributed by atoms with E-state index in [2.05, 4.69) is 69.1 Å². The fourth-order valence-corrected chi connectivity index (χ4v) is 3.78. The summed E-state index contributed by atoms with van der Waals surface area (Å²) in [7, 11) is 0. The van der Waals surface area contributed by atoms with Gasteiger partial charge in [0, 0.05) is 17.1 Å². The first-order chi connectivity index (χ1) is 13.3. The van der Waals surface area contributed by atoms with Crippen LogP contribution >= 0.6 is 23.2 Å². The topological polar surface area (TPSA) is 12.9 Å². The first-order valence-corrected chi connectivity index (χ1v) is 10.6. The second-order valence-corrected chi connectivity index (χ2v) is 8.78. The molecule has 2 aromatic carbocycles. The first kappa shape index (κ1) is 20.9. The van der Waals surface area contributed by atoms with Gasteiger partial charge in [0.05, 0.1) is 0 Å². The molecule has 1 nitrogen and oxygen atoms in total. The third kappa shape index (κ3) is 5.16. The largest absolute Gasteiger partial charge is 0.244 e. The van der Waals surface area contributed by atoms with Gasteiger partial charge in [0.1, 0.15) is 5.15 Å². The van der Waals surface area contributed by atoms with Gasteiger partial charge in [-0.05, 0) is 64.3 Å². The molecule has 0 saturated heterocycles. The van der Waals surface area contributed by atoms with Crippen molar-refractivity contribution in [1.82, 2.24) is 4.98 Å². The van der Waals surface area contributed by atoms with Gasteiger partial charge in [-0.2, -0.15) is 0 Å². The quantitative estimate of drug-likeness (QED) is 0.374. The summed E-state index contributed by atoms with van der Waals surface area (Å²) in [5.74, 6) is 1.19. The molecule has 0 N–H and O–H groups in total. The van der Waals surface area contributed by atoms with Crippen LogP contribution in [0.15, 0.2) is 60.8 Å². The van der Waals surface area contributed by atoms with Gasteiger partial charge in [0.2, 0.25) is 0 Å². The van der Waals surface area contributed by atoms with E-state index in [1.165, 1.54) is 27.8 Å². The van der Waals surface area contributed by atoms with E-state index < -0.39 is 0 Å². The van der Waals surface area contributed by atoms with E-state index in [0.29, 0.717) is 22.9 Å². The minimum atomic E-state index is 0.322. The Hall–Kier alpha value is -1.83. The molecule has 0 amide bonds. The summed E-state index contributed by atoms with van der Waals surface area (Å²) in [5.41, 5.74) is 6.60. The van der Waals surface area contributed by atoms with E-state index >= 15 is 0 Å². The van der Waals surface area contributed by atoms with Crippen LogP contribution in [-0.4, -0.2) is 4.98 Å². The molecule has 1 aromatic heterocycles. The lowest BCUT2D eigenvalue weighted by molar-refractivity contribution is 0.747. The monoisotopic (exact) mass is 411 g/mol. The van der Waals surface area contributed by atoms with Crippen molar-refractivity contribution >= 4 is 23.2 Å². The number of pyridine rings is 1. The summed E-state index contributed by atoms with van der Waals surface area (Å²) in [4.78, 5) is 4.23. The van der Waals surface area contributed by atoms with Crippen LogP contribution in [-0.2, 0) is 6.42 Å². The van der Waals surface area contributed by atoms with Gasteiger partial charge in [0.25, 0.3) is 0 Å². The summed E-state index contributed by atoms with van der Waals surface area (Å²) in [6.45, 7) is 9.01. The van der Waals surface area contributed by atoms with Crippen molar-refractivity contribution in [1.29, 1.82) is 0 Å². The van der Waals surface area contributed by atoms with Crippen molar-refractivity contribution in [3.63, 3.8) is 0 Å². The maximum absolute atomic E-state index is 6.07. The summed E-state index contributed by atoms with van der Waals surface area (Å²) < 4.78 is 0. The van der Waals surface area contributed by atoms with Crippen LogP contribution < -0.4 is 0 Å². The number of hydrogen-bond acceptors (Lipinski definition) is 1. The third-order valence-electron chi connectivity index (χ3n) is 5.44. The highest BCUT2D eigenvalue weighted by Crippen LogP contribution is 2.31. The molecule has 0 radical (unpaired) electrons. The molecule has 3 aromatic rings. The zero-order valence-corrected chi connectivity index (χ0v) is 18.4. The number of halogens is 2. The highest BCUT2D eigenvalue weighted by molar-refractivity contribution is 6.30. The van der Waals surface area contributed by atoms with Crippen molar-refractivity contribution < 1.29 is 0 Å². The summed E-state index contributed by atoms with van der Waals surface area (Å²) in [6, 6.07) is 19.2. The lowest BCUT2D eigenvalue weighted by Crippen LogP contribution is -2.04. The van der Waals surface area contributed by atoms with Gasteiger partial charge >= 0.3 is 0 Å². The molecular formula is C25H27Cl2N. The normalized spacial score (nSPS) is 13.5. The van der Waals surface area contributed by atoms with Crippen LogP contribution in [0.5, 0.6) is 0 Å². The van der Waals surface area contributed by atoms with Crippen LogP contribution in [0.4, 0.5) is 0 Å². The zero-order valence-electron chi connectivity index (χ0n) is 16.9. The number of nitrogens with zero attached hydrogens (tertiary/aromatic N) is 1. The van der Waals surface area contributed by atoms with Crippen LogP contribution in [0, 0.1) is 0 Å². The van der Waals surface area contributed by atoms with Gasteiger partial charge in [-0.25, -0.2) is 4.98 Å². The molecule has 0 fully saturated rings. The highest BCUT2D eigenvalue weighted by atomic mass is 35.5. The van der Waals surface area contributed by atoms with Crippen LogP contribution in [0.2, 0.25) is 10.2 Å². The zero-order chi connectivity index (χ0) is 20.3. The van der Waals surface area contributed by atoms with E-state index in [-0.39, 0.29) is 0 Å². The molecule has 3 rings (SSSR count). The van der Waals surface area contributed by atoms with Crippen molar-refractivity contribution in [2.45, 2.75) is 51.9 Å². The minimum absolute atomic E-state index is 0.322. The van der Waals surface area contributed by atoms with Gasteiger partial charge in [0.15, 0.2) is 0 Å². The van der Waals surface area contributed by atoms with E-state index in [1.807, 2.05) is 24.4 Å². The Labute approximate surface area is 178 Å². The molecule has 0 aliphatic rings. The molecule has 2 atom stereocenters. The number of rotatable bonds is 6.